The second kappa shape index (κ2) is 14.3. The summed E-state index contributed by atoms with van der Waals surface area (Å²) in [6, 6.07) is 76.5. The van der Waals surface area contributed by atoms with Gasteiger partial charge in [0.1, 0.15) is 0 Å². The smallest absolute Gasteiger partial charge is 0.164 e. The summed E-state index contributed by atoms with van der Waals surface area (Å²) < 4.78 is 2.44. The van der Waals surface area contributed by atoms with Crippen molar-refractivity contribution < 1.29 is 0 Å². The van der Waals surface area contributed by atoms with Gasteiger partial charge in [-0.2, -0.15) is 0 Å². The van der Waals surface area contributed by atoms with Gasteiger partial charge >= 0.3 is 0 Å². The maximum Gasteiger partial charge on any atom is 0.164 e. The highest BCUT2D eigenvalue weighted by atomic mass is 32.1. The molecule has 11 aromatic carbocycles. The summed E-state index contributed by atoms with van der Waals surface area (Å²) in [4.78, 5) is 15.9. The van der Waals surface area contributed by atoms with Gasteiger partial charge in [0, 0.05) is 42.4 Å². The molecule has 292 valence electrons. The topological polar surface area (TPSA) is 38.7 Å². The fourth-order valence-electron chi connectivity index (χ4n) is 9.59. The third kappa shape index (κ3) is 5.91. The van der Waals surface area contributed by atoms with Crippen LogP contribution in [0, 0.1) is 0 Å². The van der Waals surface area contributed by atoms with Gasteiger partial charge in [-0.1, -0.05) is 176 Å². The molecule has 0 aliphatic rings. The van der Waals surface area contributed by atoms with Gasteiger partial charge in [-0.05, 0) is 107 Å². The van der Waals surface area contributed by atoms with E-state index in [9.17, 15) is 0 Å². The van der Waals surface area contributed by atoms with Crippen molar-refractivity contribution in [3.63, 3.8) is 0 Å². The van der Waals surface area contributed by atoms with E-state index in [0.717, 1.165) is 33.0 Å². The van der Waals surface area contributed by atoms with E-state index >= 15 is 0 Å². The molecule has 0 saturated carbocycles. The standard InChI is InChI=1S/C59H35N3S/c1-2-12-36(13-3-1)38-22-25-40(26-23-38)57-60-58(44-27-24-37-14-4-5-16-41(37)32-44)62-59(61-57)50-31-30-48(56-55(50)49-20-10-11-21-53(49)63-56)52-35-45-33-42-17-6-7-18-43(42)34-51(45)54-46-19-9-8-15-39(46)28-29-47(52)54/h1-35H. The minimum absolute atomic E-state index is 0.638. The van der Waals surface area contributed by atoms with Crippen molar-refractivity contribution in [2.75, 3.05) is 0 Å². The molecule has 13 rings (SSSR count). The van der Waals surface area contributed by atoms with Gasteiger partial charge in [0.15, 0.2) is 17.5 Å². The molecular weight excluding hydrogens is 783 g/mol. The number of hydrogen-bond acceptors (Lipinski definition) is 4. The summed E-state index contributed by atoms with van der Waals surface area (Å²) in [7, 11) is 0. The van der Waals surface area contributed by atoms with E-state index in [-0.39, 0.29) is 0 Å². The van der Waals surface area contributed by atoms with Crippen molar-refractivity contribution in [3.05, 3.63) is 212 Å². The first-order valence-corrected chi connectivity index (χ1v) is 22.1. The van der Waals surface area contributed by atoms with Gasteiger partial charge < -0.3 is 0 Å². The minimum atomic E-state index is 0.638. The van der Waals surface area contributed by atoms with Gasteiger partial charge in [0.05, 0.1) is 0 Å². The molecule has 63 heavy (non-hydrogen) atoms. The van der Waals surface area contributed by atoms with E-state index in [4.69, 9.17) is 15.0 Å². The van der Waals surface area contributed by atoms with Crippen molar-refractivity contribution in [1.82, 2.24) is 15.0 Å². The van der Waals surface area contributed by atoms with Crippen LogP contribution in [0.4, 0.5) is 0 Å². The van der Waals surface area contributed by atoms with E-state index in [2.05, 4.69) is 206 Å². The highest BCUT2D eigenvalue weighted by Crippen LogP contribution is 2.48. The predicted molar refractivity (Wildman–Crippen MR) is 267 cm³/mol. The van der Waals surface area contributed by atoms with Crippen LogP contribution in [0.3, 0.4) is 0 Å². The van der Waals surface area contributed by atoms with Crippen molar-refractivity contribution in [3.8, 4) is 56.4 Å². The molecule has 0 fully saturated rings. The SMILES string of the molecule is c1ccc(-c2ccc(-c3nc(-c4ccc5ccccc5c4)nc(-c4ccc(-c5cc6cc7ccccc7cc6c6c5ccc5ccccc56)c5sc6ccccc6c45)n3)cc2)cc1. The van der Waals surface area contributed by atoms with Crippen LogP contribution >= 0.6 is 11.3 Å². The van der Waals surface area contributed by atoms with Crippen molar-refractivity contribution >= 4 is 85.4 Å². The molecule has 0 amide bonds. The molecule has 2 heterocycles. The Balaban J connectivity index is 1.07. The molecule has 0 N–H and O–H groups in total. The molecule has 0 bridgehead atoms. The molecule has 0 radical (unpaired) electrons. The Labute approximate surface area is 367 Å². The van der Waals surface area contributed by atoms with Gasteiger partial charge in [-0.15, -0.1) is 11.3 Å². The first-order chi connectivity index (χ1) is 31.2. The molecule has 0 aliphatic carbocycles. The minimum Gasteiger partial charge on any atom is -0.208 e. The number of aromatic nitrogens is 3. The Hall–Kier alpha value is -8.05. The van der Waals surface area contributed by atoms with Gasteiger partial charge in [0.25, 0.3) is 0 Å². The zero-order valence-corrected chi connectivity index (χ0v) is 34.8. The Kier molecular flexibility index (Phi) is 8.08. The first-order valence-electron chi connectivity index (χ1n) is 21.3. The highest BCUT2D eigenvalue weighted by molar-refractivity contribution is 7.26. The fraction of sp³-hybridized carbons (Fsp3) is 0. The highest BCUT2D eigenvalue weighted by Gasteiger charge is 2.22. The Morgan fingerprint density at radius 2 is 0.841 bits per heavy atom. The second-order valence-corrected chi connectivity index (χ2v) is 17.4. The number of hydrogen-bond donors (Lipinski definition) is 0. The third-order valence-corrected chi connectivity index (χ3v) is 13.9. The van der Waals surface area contributed by atoms with Crippen LogP contribution in [0.25, 0.3) is 130 Å². The van der Waals surface area contributed by atoms with E-state index < -0.39 is 0 Å². The third-order valence-electron chi connectivity index (χ3n) is 12.7. The fourth-order valence-corrected chi connectivity index (χ4v) is 10.8. The molecule has 0 aliphatic heterocycles. The number of benzene rings is 11. The van der Waals surface area contributed by atoms with Gasteiger partial charge in [-0.25, -0.2) is 15.0 Å². The quantitative estimate of drug-likeness (QED) is 0.128. The molecule has 13 aromatic rings. The largest absolute Gasteiger partial charge is 0.208 e. The predicted octanol–water partition coefficient (Wildman–Crippen LogP) is 16.3. The maximum absolute atomic E-state index is 5.35. The maximum atomic E-state index is 5.35. The van der Waals surface area contributed by atoms with Crippen molar-refractivity contribution in [1.29, 1.82) is 0 Å². The van der Waals surface area contributed by atoms with E-state index in [1.54, 1.807) is 0 Å². The molecule has 0 saturated heterocycles. The lowest BCUT2D eigenvalue weighted by atomic mass is 9.88. The average molecular weight is 818 g/mol. The van der Waals surface area contributed by atoms with Crippen molar-refractivity contribution in [2.45, 2.75) is 0 Å². The van der Waals surface area contributed by atoms with E-state index in [1.165, 1.54) is 80.0 Å². The number of fused-ring (bicyclic) bond motifs is 10. The molecule has 0 spiro atoms. The zero-order valence-electron chi connectivity index (χ0n) is 34.0. The Bertz CT molecular complexity index is 3960. The van der Waals surface area contributed by atoms with Crippen LogP contribution in [-0.4, -0.2) is 15.0 Å². The number of nitrogens with zero attached hydrogens (tertiary/aromatic N) is 3. The Morgan fingerprint density at radius 1 is 0.270 bits per heavy atom. The molecule has 2 aromatic heterocycles. The van der Waals surface area contributed by atoms with Crippen LogP contribution in [0.5, 0.6) is 0 Å². The van der Waals surface area contributed by atoms with Crippen LogP contribution in [0.2, 0.25) is 0 Å². The number of rotatable bonds is 5. The van der Waals surface area contributed by atoms with E-state index in [0.29, 0.717) is 17.5 Å². The molecule has 0 unspecified atom stereocenters. The lowest BCUT2D eigenvalue weighted by Crippen LogP contribution is -2.00. The monoisotopic (exact) mass is 817 g/mol. The summed E-state index contributed by atoms with van der Waals surface area (Å²) in [6.07, 6.45) is 0. The first kappa shape index (κ1) is 35.7. The van der Waals surface area contributed by atoms with Crippen LogP contribution in [-0.2, 0) is 0 Å². The summed E-state index contributed by atoms with van der Waals surface area (Å²) in [5, 5.41) is 14.7. The normalized spacial score (nSPS) is 11.8. The van der Waals surface area contributed by atoms with Crippen molar-refractivity contribution in [2.24, 2.45) is 0 Å². The molecular formula is C59H35N3S. The second-order valence-electron chi connectivity index (χ2n) is 16.3. The molecule has 0 atom stereocenters. The Morgan fingerprint density at radius 3 is 1.65 bits per heavy atom. The number of thiophene rings is 1. The van der Waals surface area contributed by atoms with E-state index in [1.807, 2.05) is 17.4 Å². The van der Waals surface area contributed by atoms with Crippen LogP contribution < -0.4 is 0 Å². The zero-order chi connectivity index (χ0) is 41.4. The van der Waals surface area contributed by atoms with Crippen LogP contribution in [0.15, 0.2) is 212 Å². The summed E-state index contributed by atoms with van der Waals surface area (Å²) in [5.41, 5.74) is 7.60. The summed E-state index contributed by atoms with van der Waals surface area (Å²) in [6.45, 7) is 0. The summed E-state index contributed by atoms with van der Waals surface area (Å²) >= 11 is 1.84. The molecule has 3 nitrogen and oxygen atoms in total. The van der Waals surface area contributed by atoms with Gasteiger partial charge in [0.2, 0.25) is 0 Å². The van der Waals surface area contributed by atoms with Gasteiger partial charge in [-0.3, -0.25) is 0 Å². The molecule has 4 heteroatoms. The lowest BCUT2D eigenvalue weighted by molar-refractivity contribution is 1.08. The lowest BCUT2D eigenvalue weighted by Gasteiger charge is -2.16. The average Bonchev–Trinajstić information content (AvgIpc) is 3.75. The summed E-state index contributed by atoms with van der Waals surface area (Å²) in [5.74, 6) is 1.93. The van der Waals surface area contributed by atoms with Crippen LogP contribution in [0.1, 0.15) is 0 Å².